The van der Waals surface area contributed by atoms with Crippen LogP contribution in [0.3, 0.4) is 0 Å². The van der Waals surface area contributed by atoms with E-state index >= 15 is 0 Å². The Bertz CT molecular complexity index is 245. The van der Waals surface area contributed by atoms with Gasteiger partial charge in [-0.2, -0.15) is 11.8 Å². The number of halogens is 1. The van der Waals surface area contributed by atoms with Crippen molar-refractivity contribution in [3.63, 3.8) is 0 Å². The molecule has 0 aromatic carbocycles. The first kappa shape index (κ1) is 9.88. The fourth-order valence-electron chi connectivity index (χ4n) is 1.62. The molecule has 0 saturated carbocycles. The van der Waals surface area contributed by atoms with Crippen molar-refractivity contribution in [2.75, 3.05) is 11.5 Å². The largest absolute Gasteiger partial charge is 0.160 e. The molecule has 1 fully saturated rings. The Labute approximate surface area is 92.7 Å². The summed E-state index contributed by atoms with van der Waals surface area (Å²) in [5.41, 5.74) is 0. The number of thiophene rings is 1. The van der Waals surface area contributed by atoms with Crippen LogP contribution in [0.4, 0.5) is 0 Å². The van der Waals surface area contributed by atoms with E-state index in [0.717, 1.165) is 11.7 Å². The molecule has 0 spiro atoms. The number of aryl methyl sites for hydroxylation is 1. The molecule has 2 rings (SSSR count). The molecular weight excluding hydrogens is 220 g/mol. The first-order valence-electron chi connectivity index (χ1n) is 4.60. The summed E-state index contributed by atoms with van der Waals surface area (Å²) in [5.74, 6) is 3.16. The van der Waals surface area contributed by atoms with Crippen LogP contribution < -0.4 is 0 Å². The Morgan fingerprint density at radius 1 is 1.46 bits per heavy atom. The average molecular weight is 233 g/mol. The van der Waals surface area contributed by atoms with E-state index in [1.807, 2.05) is 23.1 Å². The van der Waals surface area contributed by atoms with E-state index in [4.69, 9.17) is 11.6 Å². The molecule has 3 heteroatoms. The molecule has 1 aliphatic heterocycles. The zero-order valence-corrected chi connectivity index (χ0v) is 9.80. The second-order valence-electron chi connectivity index (χ2n) is 3.43. The molecule has 0 radical (unpaired) electrons. The van der Waals surface area contributed by atoms with Gasteiger partial charge in [0.15, 0.2) is 0 Å². The molecule has 1 aliphatic rings. The van der Waals surface area contributed by atoms with Gasteiger partial charge in [-0.05, 0) is 36.0 Å². The number of alkyl halides is 1. The molecule has 0 N–H and O–H groups in total. The Morgan fingerprint density at radius 2 is 2.38 bits per heavy atom. The topological polar surface area (TPSA) is 0 Å². The Balaban J connectivity index is 1.79. The molecule has 0 amide bonds. The Hall–Kier alpha value is 0.340. The molecule has 72 valence electrons. The molecule has 1 aromatic rings. The fraction of sp³-hybridized carbons (Fsp3) is 0.600. The van der Waals surface area contributed by atoms with Gasteiger partial charge in [0.25, 0.3) is 0 Å². The molecule has 0 bridgehead atoms. The van der Waals surface area contributed by atoms with E-state index in [0.29, 0.717) is 5.38 Å². The van der Waals surface area contributed by atoms with Gasteiger partial charge in [-0.15, -0.1) is 22.9 Å². The highest BCUT2D eigenvalue weighted by Crippen LogP contribution is 2.32. The third-order valence-electron chi connectivity index (χ3n) is 2.46. The normalized spacial score (nSPS) is 28.1. The van der Waals surface area contributed by atoms with Gasteiger partial charge in [0, 0.05) is 16.0 Å². The predicted octanol–water partition coefficient (Wildman–Crippen LogP) is 3.65. The minimum atomic E-state index is 0.421. The van der Waals surface area contributed by atoms with E-state index < -0.39 is 0 Å². The number of hydrogen-bond donors (Lipinski definition) is 0. The van der Waals surface area contributed by atoms with Crippen molar-refractivity contribution in [1.82, 2.24) is 0 Å². The molecule has 2 atom stereocenters. The van der Waals surface area contributed by atoms with Crippen molar-refractivity contribution >= 4 is 34.7 Å². The summed E-state index contributed by atoms with van der Waals surface area (Å²) in [6, 6.07) is 4.34. The first-order valence-corrected chi connectivity index (χ1v) is 7.07. The number of hydrogen-bond acceptors (Lipinski definition) is 2. The minimum absolute atomic E-state index is 0.421. The van der Waals surface area contributed by atoms with E-state index in [9.17, 15) is 0 Å². The Kier molecular flexibility index (Phi) is 3.58. The lowest BCUT2D eigenvalue weighted by atomic mass is 10.0. The summed E-state index contributed by atoms with van der Waals surface area (Å²) in [6.07, 6.45) is 2.48. The molecule has 2 heterocycles. The zero-order valence-electron chi connectivity index (χ0n) is 7.41. The summed E-state index contributed by atoms with van der Waals surface area (Å²) in [5, 5.41) is 2.57. The highest BCUT2D eigenvalue weighted by Gasteiger charge is 2.25. The molecular formula is C10H13ClS2. The lowest BCUT2D eigenvalue weighted by Crippen LogP contribution is -2.12. The van der Waals surface area contributed by atoms with Crippen LogP contribution in [0.15, 0.2) is 17.5 Å². The van der Waals surface area contributed by atoms with Crippen LogP contribution in [0.2, 0.25) is 0 Å². The van der Waals surface area contributed by atoms with Crippen LogP contribution in [0.5, 0.6) is 0 Å². The molecule has 13 heavy (non-hydrogen) atoms. The van der Waals surface area contributed by atoms with Crippen LogP contribution in [0.1, 0.15) is 11.3 Å². The van der Waals surface area contributed by atoms with Gasteiger partial charge in [0.05, 0.1) is 0 Å². The third-order valence-corrected chi connectivity index (χ3v) is 5.35. The SMILES string of the molecule is ClC1CSCC1CCc1cccs1. The van der Waals surface area contributed by atoms with Crippen molar-refractivity contribution in [3.05, 3.63) is 22.4 Å². The quantitative estimate of drug-likeness (QED) is 0.717. The monoisotopic (exact) mass is 232 g/mol. The van der Waals surface area contributed by atoms with Gasteiger partial charge in [0.2, 0.25) is 0 Å². The lowest BCUT2D eigenvalue weighted by molar-refractivity contribution is 0.555. The van der Waals surface area contributed by atoms with E-state index in [-0.39, 0.29) is 0 Å². The molecule has 2 unspecified atom stereocenters. The van der Waals surface area contributed by atoms with E-state index in [1.54, 1.807) is 0 Å². The minimum Gasteiger partial charge on any atom is -0.160 e. The van der Waals surface area contributed by atoms with E-state index in [1.165, 1.54) is 23.5 Å². The van der Waals surface area contributed by atoms with Gasteiger partial charge in [-0.3, -0.25) is 0 Å². The summed E-state index contributed by atoms with van der Waals surface area (Å²) in [4.78, 5) is 1.50. The van der Waals surface area contributed by atoms with Gasteiger partial charge in [0.1, 0.15) is 0 Å². The van der Waals surface area contributed by atoms with Crippen LogP contribution in [0, 0.1) is 5.92 Å². The standard InChI is InChI=1S/C10H13ClS2/c11-10-7-12-6-8(10)3-4-9-2-1-5-13-9/h1-2,5,8,10H,3-4,6-7H2. The van der Waals surface area contributed by atoms with Crippen LogP contribution in [0.25, 0.3) is 0 Å². The van der Waals surface area contributed by atoms with Gasteiger partial charge in [-0.25, -0.2) is 0 Å². The van der Waals surface area contributed by atoms with Crippen molar-refractivity contribution in [1.29, 1.82) is 0 Å². The second-order valence-corrected chi connectivity index (χ2v) is 6.10. The van der Waals surface area contributed by atoms with Crippen molar-refractivity contribution < 1.29 is 0 Å². The number of thioether (sulfide) groups is 1. The highest BCUT2D eigenvalue weighted by molar-refractivity contribution is 7.99. The molecule has 0 aliphatic carbocycles. The predicted molar refractivity (Wildman–Crippen MR) is 63.1 cm³/mol. The highest BCUT2D eigenvalue weighted by atomic mass is 35.5. The third kappa shape index (κ3) is 2.64. The number of rotatable bonds is 3. The van der Waals surface area contributed by atoms with E-state index in [2.05, 4.69) is 17.5 Å². The first-order chi connectivity index (χ1) is 6.36. The maximum absolute atomic E-state index is 6.20. The van der Waals surface area contributed by atoms with Gasteiger partial charge in [-0.1, -0.05) is 6.07 Å². The maximum Gasteiger partial charge on any atom is 0.0462 e. The van der Waals surface area contributed by atoms with Crippen molar-refractivity contribution in [3.8, 4) is 0 Å². The maximum atomic E-state index is 6.20. The van der Waals surface area contributed by atoms with Crippen molar-refractivity contribution in [2.24, 2.45) is 5.92 Å². The molecule has 1 aromatic heterocycles. The van der Waals surface area contributed by atoms with Crippen LogP contribution >= 0.6 is 34.7 Å². The average Bonchev–Trinajstić information content (AvgIpc) is 2.72. The summed E-state index contributed by atoms with van der Waals surface area (Å²) in [7, 11) is 0. The lowest BCUT2D eigenvalue weighted by Gasteiger charge is -2.10. The molecule has 0 nitrogen and oxygen atoms in total. The summed E-state index contributed by atoms with van der Waals surface area (Å²) in [6.45, 7) is 0. The van der Waals surface area contributed by atoms with Gasteiger partial charge >= 0.3 is 0 Å². The fourth-order valence-corrected chi connectivity index (χ4v) is 4.27. The summed E-state index contributed by atoms with van der Waals surface area (Å²) < 4.78 is 0. The smallest absolute Gasteiger partial charge is 0.0462 e. The molecule has 1 saturated heterocycles. The summed E-state index contributed by atoms with van der Waals surface area (Å²) >= 11 is 10.1. The van der Waals surface area contributed by atoms with Crippen LogP contribution in [-0.4, -0.2) is 16.9 Å². The van der Waals surface area contributed by atoms with Crippen molar-refractivity contribution in [2.45, 2.75) is 18.2 Å². The second kappa shape index (κ2) is 4.72. The zero-order chi connectivity index (χ0) is 9.10. The van der Waals surface area contributed by atoms with Crippen LogP contribution in [-0.2, 0) is 6.42 Å². The van der Waals surface area contributed by atoms with Gasteiger partial charge < -0.3 is 0 Å². The Morgan fingerprint density at radius 3 is 3.00 bits per heavy atom.